The topological polar surface area (TPSA) is 71.1 Å². The van der Waals surface area contributed by atoms with E-state index in [0.717, 1.165) is 5.56 Å². The molecule has 0 amide bonds. The van der Waals surface area contributed by atoms with Crippen LogP contribution in [-0.2, 0) is 9.47 Å². The first-order valence-electron chi connectivity index (χ1n) is 7.76. The third kappa shape index (κ3) is 6.23. The van der Waals surface area contributed by atoms with Crippen molar-refractivity contribution in [2.24, 2.45) is 0 Å². The highest BCUT2D eigenvalue weighted by molar-refractivity contribution is 9.10. The summed E-state index contributed by atoms with van der Waals surface area (Å²) in [4.78, 5) is 24.7. The molecule has 1 aromatic carbocycles. The average Bonchev–Trinajstić information content (AvgIpc) is 2.39. The molecule has 0 saturated heterocycles. The molecule has 0 saturated carbocycles. The molecule has 7 heteroatoms. The highest BCUT2D eigenvalue weighted by atomic mass is 79.9. The maximum absolute atomic E-state index is 12.6. The molecule has 0 atom stereocenters. The van der Waals surface area contributed by atoms with E-state index in [-0.39, 0.29) is 17.1 Å². The van der Waals surface area contributed by atoms with E-state index >= 15 is 0 Å². The van der Waals surface area contributed by atoms with Gasteiger partial charge in [0.25, 0.3) is 0 Å². The van der Waals surface area contributed by atoms with Crippen LogP contribution in [0, 0.1) is 6.92 Å². The summed E-state index contributed by atoms with van der Waals surface area (Å²) >= 11 is 3.35. The normalized spacial score (nSPS) is 11.7. The van der Waals surface area contributed by atoms with Crippen LogP contribution >= 0.6 is 15.9 Å². The fourth-order valence-electron chi connectivity index (χ4n) is 1.87. The molecule has 0 N–H and O–H groups in total. The molecular weight excluding hydrogens is 392 g/mol. The number of hydrogen-bond donors (Lipinski definition) is 0. The summed E-state index contributed by atoms with van der Waals surface area (Å²) in [5.74, 6) is -0.419. The SMILES string of the molecule is COc1cc(C)c(Br)c(OC(=O)OC(C)(C)C)c1C(=O)OC(C)(C)C. The fourth-order valence-corrected chi connectivity index (χ4v) is 2.26. The van der Waals surface area contributed by atoms with E-state index in [1.54, 1.807) is 54.5 Å². The Bertz CT molecular complexity index is 668. The van der Waals surface area contributed by atoms with Gasteiger partial charge in [-0.05, 0) is 76.0 Å². The van der Waals surface area contributed by atoms with Crippen LogP contribution in [0.3, 0.4) is 0 Å². The van der Waals surface area contributed by atoms with Gasteiger partial charge in [0.05, 0.1) is 11.6 Å². The summed E-state index contributed by atoms with van der Waals surface area (Å²) in [7, 11) is 1.42. The van der Waals surface area contributed by atoms with E-state index in [9.17, 15) is 9.59 Å². The van der Waals surface area contributed by atoms with Gasteiger partial charge < -0.3 is 18.9 Å². The van der Waals surface area contributed by atoms with Gasteiger partial charge in [0, 0.05) is 0 Å². The number of carbonyl (C=O) groups excluding carboxylic acids is 2. The molecule has 0 aliphatic rings. The number of hydrogen-bond acceptors (Lipinski definition) is 6. The summed E-state index contributed by atoms with van der Waals surface area (Å²) < 4.78 is 21.6. The first kappa shape index (κ1) is 21.3. The van der Waals surface area contributed by atoms with Gasteiger partial charge in [-0.3, -0.25) is 0 Å². The van der Waals surface area contributed by atoms with Crippen LogP contribution in [0.4, 0.5) is 4.79 Å². The lowest BCUT2D eigenvalue weighted by Crippen LogP contribution is -2.28. The zero-order valence-corrected chi connectivity index (χ0v) is 17.5. The first-order valence-corrected chi connectivity index (χ1v) is 8.55. The molecule has 0 bridgehead atoms. The van der Waals surface area contributed by atoms with E-state index in [0.29, 0.717) is 4.47 Å². The van der Waals surface area contributed by atoms with Gasteiger partial charge in [0.1, 0.15) is 22.5 Å². The average molecular weight is 417 g/mol. The van der Waals surface area contributed by atoms with E-state index in [1.165, 1.54) is 7.11 Å². The Morgan fingerprint density at radius 1 is 1.00 bits per heavy atom. The lowest BCUT2D eigenvalue weighted by Gasteiger charge is -2.23. The predicted octanol–water partition coefficient (Wildman–Crippen LogP) is 5.04. The largest absolute Gasteiger partial charge is 0.514 e. The maximum Gasteiger partial charge on any atom is 0.514 e. The highest BCUT2D eigenvalue weighted by Crippen LogP contribution is 2.40. The van der Waals surface area contributed by atoms with Crippen molar-refractivity contribution in [2.45, 2.75) is 59.7 Å². The number of benzene rings is 1. The van der Waals surface area contributed by atoms with E-state index in [1.807, 2.05) is 0 Å². The maximum atomic E-state index is 12.6. The van der Waals surface area contributed by atoms with Crippen molar-refractivity contribution >= 4 is 28.1 Å². The second kappa shape index (κ2) is 7.64. The van der Waals surface area contributed by atoms with Gasteiger partial charge in [-0.1, -0.05) is 0 Å². The predicted molar refractivity (Wildman–Crippen MR) is 97.5 cm³/mol. The van der Waals surface area contributed by atoms with Gasteiger partial charge in [0.15, 0.2) is 5.75 Å². The Balaban J connectivity index is 3.40. The number of carbonyl (C=O) groups is 2. The Morgan fingerprint density at radius 3 is 1.96 bits per heavy atom. The van der Waals surface area contributed by atoms with Crippen molar-refractivity contribution in [1.82, 2.24) is 0 Å². The van der Waals surface area contributed by atoms with Crippen LogP contribution in [-0.4, -0.2) is 30.4 Å². The van der Waals surface area contributed by atoms with Gasteiger partial charge >= 0.3 is 12.1 Å². The number of rotatable bonds is 3. The van der Waals surface area contributed by atoms with E-state index in [4.69, 9.17) is 18.9 Å². The van der Waals surface area contributed by atoms with Crippen molar-refractivity contribution in [1.29, 1.82) is 0 Å². The fraction of sp³-hybridized carbons (Fsp3) is 0.556. The molecule has 140 valence electrons. The molecule has 0 aliphatic heterocycles. The second-order valence-electron chi connectivity index (χ2n) is 7.48. The van der Waals surface area contributed by atoms with Gasteiger partial charge in [-0.15, -0.1) is 0 Å². The molecule has 0 radical (unpaired) electrons. The summed E-state index contributed by atoms with van der Waals surface area (Å²) in [5, 5.41) is 0. The van der Waals surface area contributed by atoms with Gasteiger partial charge in [-0.25, -0.2) is 9.59 Å². The summed E-state index contributed by atoms with van der Waals surface area (Å²) in [6.45, 7) is 12.2. The third-order valence-corrected chi connectivity index (χ3v) is 3.75. The zero-order chi connectivity index (χ0) is 19.6. The third-order valence-electron chi connectivity index (χ3n) is 2.76. The van der Waals surface area contributed by atoms with E-state index in [2.05, 4.69) is 15.9 Å². The van der Waals surface area contributed by atoms with Crippen molar-refractivity contribution < 1.29 is 28.5 Å². The quantitative estimate of drug-likeness (QED) is 0.507. The Kier molecular flexibility index (Phi) is 6.50. The Hall–Kier alpha value is -1.76. The molecule has 0 heterocycles. The van der Waals surface area contributed by atoms with Gasteiger partial charge in [-0.2, -0.15) is 0 Å². The summed E-state index contributed by atoms with van der Waals surface area (Å²) in [6, 6.07) is 1.66. The highest BCUT2D eigenvalue weighted by Gasteiger charge is 2.30. The summed E-state index contributed by atoms with van der Waals surface area (Å²) in [5.41, 5.74) is -0.713. The number of esters is 1. The van der Waals surface area contributed by atoms with Crippen LogP contribution in [0.2, 0.25) is 0 Å². The van der Waals surface area contributed by atoms with E-state index < -0.39 is 23.3 Å². The van der Waals surface area contributed by atoms with Crippen LogP contribution in [0.15, 0.2) is 10.5 Å². The zero-order valence-electron chi connectivity index (χ0n) is 15.9. The molecular formula is C18H25BrO6. The number of methoxy groups -OCH3 is 1. The van der Waals surface area contributed by atoms with Crippen molar-refractivity contribution in [2.75, 3.05) is 7.11 Å². The monoisotopic (exact) mass is 416 g/mol. The minimum absolute atomic E-state index is 0.000324. The number of ether oxygens (including phenoxy) is 4. The molecule has 0 aromatic heterocycles. The molecule has 0 aliphatic carbocycles. The molecule has 1 aromatic rings. The Morgan fingerprint density at radius 2 is 1.52 bits per heavy atom. The molecule has 0 fully saturated rings. The van der Waals surface area contributed by atoms with Crippen molar-refractivity contribution in [3.05, 3.63) is 21.7 Å². The van der Waals surface area contributed by atoms with Crippen LogP contribution in [0.25, 0.3) is 0 Å². The minimum Gasteiger partial charge on any atom is -0.496 e. The number of halogens is 1. The molecule has 6 nitrogen and oxygen atoms in total. The number of aryl methyl sites for hydroxylation is 1. The molecule has 0 spiro atoms. The Labute approximate surface area is 156 Å². The van der Waals surface area contributed by atoms with Crippen LogP contribution in [0.5, 0.6) is 11.5 Å². The van der Waals surface area contributed by atoms with Crippen LogP contribution < -0.4 is 9.47 Å². The van der Waals surface area contributed by atoms with Crippen molar-refractivity contribution in [3.8, 4) is 11.5 Å². The van der Waals surface area contributed by atoms with Crippen molar-refractivity contribution in [3.63, 3.8) is 0 Å². The molecule has 25 heavy (non-hydrogen) atoms. The minimum atomic E-state index is -0.925. The standard InChI is InChI=1S/C18H25BrO6/c1-10-9-11(22-8)12(15(20)24-17(2,3)4)14(13(10)19)23-16(21)25-18(5,6)7/h9H,1-8H3. The first-order chi connectivity index (χ1) is 11.2. The molecule has 0 unspecified atom stereocenters. The smallest absolute Gasteiger partial charge is 0.496 e. The lowest BCUT2D eigenvalue weighted by molar-refractivity contribution is 0.00574. The lowest BCUT2D eigenvalue weighted by atomic mass is 10.1. The van der Waals surface area contributed by atoms with Crippen LogP contribution in [0.1, 0.15) is 57.5 Å². The summed E-state index contributed by atoms with van der Waals surface area (Å²) in [6.07, 6.45) is -0.925. The van der Waals surface area contributed by atoms with Gasteiger partial charge in [0.2, 0.25) is 0 Å². The second-order valence-corrected chi connectivity index (χ2v) is 8.28. The molecule has 1 rings (SSSR count).